The molecule has 236 valence electrons. The number of pyridine rings is 2. The van der Waals surface area contributed by atoms with Crippen LogP contribution < -0.4 is 10.0 Å². The highest BCUT2D eigenvalue weighted by molar-refractivity contribution is 7.92. The SMILES string of the molecule is Cc1c(-c2nccc3cnc(Nc4ccc(S(=O)(=O)Nc5ccc(C(F)(F)F)nn5)cc4)cc23)ccc2c1cnn2CC(C)(C)O. The minimum atomic E-state index is -4.69. The zero-order valence-corrected chi connectivity index (χ0v) is 25.5. The lowest BCUT2D eigenvalue weighted by molar-refractivity contribution is -0.141. The molecule has 0 atom stereocenters. The monoisotopic (exact) mass is 648 g/mol. The second-order valence-corrected chi connectivity index (χ2v) is 13.0. The highest BCUT2D eigenvalue weighted by Gasteiger charge is 2.33. The summed E-state index contributed by atoms with van der Waals surface area (Å²) in [5, 5.41) is 26.9. The standard InChI is InChI=1S/C31H27F3N8O3S/c1-18-22(8-9-25-24(18)16-37-42(25)17-30(2,3)43)29-23-14-28(36-15-19(23)12-13-35-29)38-20-4-6-21(7-5-20)46(44,45)41-27-11-10-26(39-40-27)31(32,33)34/h4-16,43H,17H2,1-3H3,(H,36,38)(H,40,41). The molecular weight excluding hydrogens is 621 g/mol. The molecule has 11 nitrogen and oxygen atoms in total. The average Bonchev–Trinajstić information content (AvgIpc) is 3.39. The highest BCUT2D eigenvalue weighted by atomic mass is 32.2. The largest absolute Gasteiger partial charge is 0.435 e. The summed E-state index contributed by atoms with van der Waals surface area (Å²) in [5.74, 6) is 0.143. The van der Waals surface area contributed by atoms with Gasteiger partial charge in [0.05, 0.1) is 34.4 Å². The van der Waals surface area contributed by atoms with Crippen LogP contribution in [0.1, 0.15) is 25.1 Å². The predicted molar refractivity (Wildman–Crippen MR) is 167 cm³/mol. The van der Waals surface area contributed by atoms with Crippen molar-refractivity contribution in [3.63, 3.8) is 0 Å². The van der Waals surface area contributed by atoms with E-state index < -0.39 is 27.5 Å². The molecule has 0 saturated carbocycles. The van der Waals surface area contributed by atoms with E-state index in [9.17, 15) is 26.7 Å². The topological polar surface area (TPSA) is 148 Å². The van der Waals surface area contributed by atoms with Crippen molar-refractivity contribution in [3.05, 3.63) is 90.5 Å². The maximum absolute atomic E-state index is 12.8. The fourth-order valence-electron chi connectivity index (χ4n) is 4.99. The van der Waals surface area contributed by atoms with Crippen LogP contribution in [0.5, 0.6) is 0 Å². The summed E-state index contributed by atoms with van der Waals surface area (Å²) in [6.07, 6.45) is 0.529. The van der Waals surface area contributed by atoms with Crippen LogP contribution in [0.25, 0.3) is 32.9 Å². The van der Waals surface area contributed by atoms with E-state index in [1.807, 2.05) is 31.2 Å². The van der Waals surface area contributed by atoms with Gasteiger partial charge >= 0.3 is 6.18 Å². The van der Waals surface area contributed by atoms with Gasteiger partial charge in [0.1, 0.15) is 5.82 Å². The molecule has 46 heavy (non-hydrogen) atoms. The Morgan fingerprint density at radius 1 is 0.891 bits per heavy atom. The molecule has 0 aliphatic heterocycles. The van der Waals surface area contributed by atoms with Gasteiger partial charge in [-0.1, -0.05) is 6.07 Å². The number of aryl methyl sites for hydroxylation is 1. The van der Waals surface area contributed by atoms with Gasteiger partial charge < -0.3 is 10.4 Å². The summed E-state index contributed by atoms with van der Waals surface area (Å²) in [6.45, 7) is 5.82. The minimum Gasteiger partial charge on any atom is -0.389 e. The van der Waals surface area contributed by atoms with E-state index >= 15 is 0 Å². The Bertz CT molecular complexity index is 2180. The van der Waals surface area contributed by atoms with Crippen molar-refractivity contribution in [3.8, 4) is 11.3 Å². The third-order valence-corrected chi connectivity index (χ3v) is 8.54. The normalized spacial score (nSPS) is 12.5. The van der Waals surface area contributed by atoms with Gasteiger partial charge in [0.15, 0.2) is 11.5 Å². The summed E-state index contributed by atoms with van der Waals surface area (Å²) < 4.78 is 67.7. The van der Waals surface area contributed by atoms with Gasteiger partial charge in [-0.3, -0.25) is 14.4 Å². The number of hydrogen-bond acceptors (Lipinski definition) is 9. The second kappa shape index (κ2) is 11.3. The highest BCUT2D eigenvalue weighted by Crippen LogP contribution is 2.34. The van der Waals surface area contributed by atoms with Crippen molar-refractivity contribution >= 4 is 49.0 Å². The number of hydrogen-bond donors (Lipinski definition) is 3. The Balaban J connectivity index is 1.24. The maximum Gasteiger partial charge on any atom is 0.435 e. The lowest BCUT2D eigenvalue weighted by Gasteiger charge is -2.18. The molecule has 4 heterocycles. The number of halogens is 3. The van der Waals surface area contributed by atoms with Gasteiger partial charge in [0.25, 0.3) is 10.0 Å². The summed E-state index contributed by atoms with van der Waals surface area (Å²) in [7, 11) is -4.15. The molecule has 0 aliphatic carbocycles. The molecule has 0 radical (unpaired) electrons. The van der Waals surface area contributed by atoms with Gasteiger partial charge in [0, 0.05) is 39.8 Å². The van der Waals surface area contributed by atoms with Crippen molar-refractivity contribution in [1.82, 2.24) is 29.9 Å². The van der Waals surface area contributed by atoms with Crippen LogP contribution in [0.4, 0.5) is 30.5 Å². The Morgan fingerprint density at radius 2 is 1.65 bits per heavy atom. The molecule has 0 amide bonds. The summed E-state index contributed by atoms with van der Waals surface area (Å²) in [6, 6.07) is 14.9. The van der Waals surface area contributed by atoms with Gasteiger partial charge in [-0.25, -0.2) is 13.4 Å². The summed E-state index contributed by atoms with van der Waals surface area (Å²) in [4.78, 5) is 9.05. The van der Waals surface area contributed by atoms with Crippen molar-refractivity contribution in [2.45, 2.75) is 44.0 Å². The van der Waals surface area contributed by atoms with E-state index in [-0.39, 0.29) is 10.7 Å². The first-order valence-electron chi connectivity index (χ1n) is 13.9. The molecule has 6 aromatic rings. The van der Waals surface area contributed by atoms with Gasteiger partial charge in [-0.05, 0) is 80.9 Å². The zero-order chi connectivity index (χ0) is 32.9. The first kappa shape index (κ1) is 30.9. The lowest BCUT2D eigenvalue weighted by Crippen LogP contribution is -2.26. The number of fused-ring (bicyclic) bond motifs is 2. The van der Waals surface area contributed by atoms with E-state index in [4.69, 9.17) is 0 Å². The fourth-order valence-corrected chi connectivity index (χ4v) is 5.99. The second-order valence-electron chi connectivity index (χ2n) is 11.3. The van der Waals surface area contributed by atoms with Crippen molar-refractivity contribution in [2.75, 3.05) is 10.0 Å². The Labute approximate surface area is 261 Å². The average molecular weight is 649 g/mol. The molecule has 0 bridgehead atoms. The minimum absolute atomic E-state index is 0.130. The Morgan fingerprint density at radius 3 is 2.33 bits per heavy atom. The molecule has 0 unspecified atom stereocenters. The van der Waals surface area contributed by atoms with Crippen molar-refractivity contribution in [2.24, 2.45) is 0 Å². The molecule has 0 fully saturated rings. The van der Waals surface area contributed by atoms with Crippen LogP contribution in [0.2, 0.25) is 0 Å². The molecule has 0 saturated heterocycles. The molecule has 15 heteroatoms. The van der Waals surface area contributed by atoms with Gasteiger partial charge in [-0.15, -0.1) is 10.2 Å². The van der Waals surface area contributed by atoms with E-state index in [0.717, 1.165) is 44.6 Å². The Kier molecular flexibility index (Phi) is 7.60. The number of sulfonamides is 1. The number of aliphatic hydroxyl groups is 1. The number of nitrogens with zero attached hydrogens (tertiary/aromatic N) is 6. The first-order chi connectivity index (χ1) is 21.7. The predicted octanol–water partition coefficient (Wildman–Crippen LogP) is 6.08. The molecule has 3 N–H and O–H groups in total. The smallest absolute Gasteiger partial charge is 0.389 e. The number of alkyl halides is 3. The Hall–Kier alpha value is -5.15. The summed E-state index contributed by atoms with van der Waals surface area (Å²) in [5.41, 5.74) is 1.94. The first-order valence-corrected chi connectivity index (χ1v) is 15.4. The van der Waals surface area contributed by atoms with Crippen LogP contribution in [0, 0.1) is 6.92 Å². The van der Waals surface area contributed by atoms with Crippen LogP contribution in [-0.2, 0) is 22.7 Å². The molecule has 6 rings (SSSR count). The summed E-state index contributed by atoms with van der Waals surface area (Å²) >= 11 is 0. The quantitative estimate of drug-likeness (QED) is 0.179. The fraction of sp³-hybridized carbons (Fsp3) is 0.194. The van der Waals surface area contributed by atoms with Crippen LogP contribution in [0.15, 0.2) is 84.1 Å². The van der Waals surface area contributed by atoms with Crippen LogP contribution in [0.3, 0.4) is 0 Å². The molecule has 2 aromatic carbocycles. The van der Waals surface area contributed by atoms with Gasteiger partial charge in [-0.2, -0.15) is 18.3 Å². The van der Waals surface area contributed by atoms with Gasteiger partial charge in [0.2, 0.25) is 0 Å². The molecule has 0 spiro atoms. The number of anilines is 3. The molecule has 4 aromatic heterocycles. The van der Waals surface area contributed by atoms with Crippen molar-refractivity contribution in [1.29, 1.82) is 0 Å². The maximum atomic E-state index is 12.8. The number of rotatable bonds is 8. The number of aromatic nitrogens is 6. The van der Waals surface area contributed by atoms with E-state index in [1.54, 1.807) is 37.1 Å². The zero-order valence-electron chi connectivity index (χ0n) is 24.7. The van der Waals surface area contributed by atoms with E-state index in [2.05, 4.69) is 35.3 Å². The van der Waals surface area contributed by atoms with Crippen molar-refractivity contribution < 1.29 is 26.7 Å². The number of benzene rings is 2. The van der Waals surface area contributed by atoms with E-state index in [1.165, 1.54) is 24.3 Å². The third-order valence-electron chi connectivity index (χ3n) is 7.17. The third kappa shape index (κ3) is 6.32. The van der Waals surface area contributed by atoms with E-state index in [0.29, 0.717) is 24.1 Å². The number of nitrogens with one attached hydrogen (secondary N) is 2. The molecular formula is C31H27F3N8O3S. The molecule has 0 aliphatic rings. The van der Waals surface area contributed by atoms with Crippen LogP contribution in [-0.4, -0.2) is 49.1 Å². The lowest BCUT2D eigenvalue weighted by atomic mass is 9.98. The van der Waals surface area contributed by atoms with Crippen LogP contribution >= 0.6 is 0 Å².